The Hall–Kier alpha value is -0.780. The topological polar surface area (TPSA) is 23.6 Å². The van der Waals surface area contributed by atoms with Crippen LogP contribution >= 0.6 is 22.6 Å². The summed E-state index contributed by atoms with van der Waals surface area (Å²) in [5, 5.41) is 0. The molecule has 0 spiro atoms. The van der Waals surface area contributed by atoms with E-state index in [1.54, 1.807) is 4.90 Å². The standard InChI is InChI=1S/C11H13IN2O/c1-13-6-7-14(11(13)15)8-9-2-4-10(12)5-3-9/h2-5H,6-8H2,1H3. The number of carbonyl (C=O) groups excluding carboxylic acids is 1. The van der Waals surface area contributed by atoms with E-state index in [2.05, 4.69) is 46.9 Å². The first-order chi connectivity index (χ1) is 7.16. The molecule has 80 valence electrons. The Morgan fingerprint density at radius 3 is 2.47 bits per heavy atom. The average molecular weight is 316 g/mol. The summed E-state index contributed by atoms with van der Waals surface area (Å²) in [6, 6.07) is 8.43. The van der Waals surface area contributed by atoms with Crippen LogP contribution in [0.15, 0.2) is 24.3 Å². The van der Waals surface area contributed by atoms with E-state index in [0.29, 0.717) is 0 Å². The Bertz CT molecular complexity index is 363. The summed E-state index contributed by atoms with van der Waals surface area (Å²) in [6.07, 6.45) is 0. The number of nitrogens with zero attached hydrogens (tertiary/aromatic N) is 2. The largest absolute Gasteiger partial charge is 0.326 e. The van der Waals surface area contributed by atoms with Crippen LogP contribution in [0.5, 0.6) is 0 Å². The van der Waals surface area contributed by atoms with Crippen molar-refractivity contribution in [2.24, 2.45) is 0 Å². The van der Waals surface area contributed by atoms with Gasteiger partial charge in [0.15, 0.2) is 0 Å². The van der Waals surface area contributed by atoms with Gasteiger partial charge in [0.25, 0.3) is 0 Å². The molecule has 0 N–H and O–H groups in total. The minimum atomic E-state index is 0.133. The van der Waals surface area contributed by atoms with Gasteiger partial charge in [-0.15, -0.1) is 0 Å². The predicted octanol–water partition coefficient (Wildman–Crippen LogP) is 2.16. The molecule has 1 heterocycles. The Labute approximate surface area is 103 Å². The zero-order valence-corrected chi connectivity index (χ0v) is 10.8. The van der Waals surface area contributed by atoms with Crippen molar-refractivity contribution in [2.75, 3.05) is 20.1 Å². The first-order valence-electron chi connectivity index (χ1n) is 4.91. The molecule has 1 fully saturated rings. The van der Waals surface area contributed by atoms with Gasteiger partial charge in [-0.25, -0.2) is 4.79 Å². The second-order valence-electron chi connectivity index (χ2n) is 3.75. The zero-order valence-electron chi connectivity index (χ0n) is 8.61. The van der Waals surface area contributed by atoms with Crippen molar-refractivity contribution < 1.29 is 4.79 Å². The van der Waals surface area contributed by atoms with E-state index in [1.165, 1.54) is 9.13 Å². The molecule has 0 aliphatic carbocycles. The number of urea groups is 1. The van der Waals surface area contributed by atoms with Gasteiger partial charge >= 0.3 is 6.03 Å². The SMILES string of the molecule is CN1CCN(Cc2ccc(I)cc2)C1=O. The van der Waals surface area contributed by atoms with Gasteiger partial charge < -0.3 is 9.80 Å². The third-order valence-electron chi connectivity index (χ3n) is 2.59. The maximum atomic E-state index is 11.6. The smallest absolute Gasteiger partial charge is 0.320 e. The maximum absolute atomic E-state index is 11.6. The summed E-state index contributed by atoms with van der Waals surface area (Å²) in [4.78, 5) is 15.3. The highest BCUT2D eigenvalue weighted by Crippen LogP contribution is 2.13. The fourth-order valence-electron chi connectivity index (χ4n) is 1.66. The van der Waals surface area contributed by atoms with Crippen LogP contribution in [0.3, 0.4) is 0 Å². The van der Waals surface area contributed by atoms with Crippen LogP contribution < -0.4 is 0 Å². The number of benzene rings is 1. The average Bonchev–Trinajstić information content (AvgIpc) is 2.53. The van der Waals surface area contributed by atoms with Gasteiger partial charge in [-0.05, 0) is 40.3 Å². The van der Waals surface area contributed by atoms with E-state index in [1.807, 2.05) is 11.9 Å². The molecular weight excluding hydrogens is 303 g/mol. The number of rotatable bonds is 2. The zero-order chi connectivity index (χ0) is 10.8. The van der Waals surface area contributed by atoms with Gasteiger partial charge in [0.1, 0.15) is 0 Å². The van der Waals surface area contributed by atoms with Crippen LogP contribution in [0.4, 0.5) is 4.79 Å². The van der Waals surface area contributed by atoms with Crippen molar-refractivity contribution in [3.8, 4) is 0 Å². The molecule has 1 aliphatic rings. The lowest BCUT2D eigenvalue weighted by atomic mass is 10.2. The molecular formula is C11H13IN2O. The highest BCUT2D eigenvalue weighted by atomic mass is 127. The monoisotopic (exact) mass is 316 g/mol. The number of carbonyl (C=O) groups is 1. The summed E-state index contributed by atoms with van der Waals surface area (Å²) >= 11 is 2.28. The Morgan fingerprint density at radius 2 is 1.93 bits per heavy atom. The van der Waals surface area contributed by atoms with E-state index in [9.17, 15) is 4.79 Å². The second kappa shape index (κ2) is 4.38. The Balaban J connectivity index is 2.03. The molecule has 1 saturated heterocycles. The van der Waals surface area contributed by atoms with Crippen LogP contribution in [-0.2, 0) is 6.54 Å². The van der Waals surface area contributed by atoms with E-state index < -0.39 is 0 Å². The summed E-state index contributed by atoms with van der Waals surface area (Å²) < 4.78 is 1.22. The van der Waals surface area contributed by atoms with Crippen molar-refractivity contribution >= 4 is 28.6 Å². The van der Waals surface area contributed by atoms with Crippen LogP contribution in [0.2, 0.25) is 0 Å². The molecule has 2 rings (SSSR count). The molecule has 0 radical (unpaired) electrons. The molecule has 4 heteroatoms. The summed E-state index contributed by atoms with van der Waals surface area (Å²) in [6.45, 7) is 2.39. The fourth-order valence-corrected chi connectivity index (χ4v) is 2.02. The second-order valence-corrected chi connectivity index (χ2v) is 5.00. The molecule has 15 heavy (non-hydrogen) atoms. The molecule has 1 aromatic carbocycles. The molecule has 1 aliphatic heterocycles. The van der Waals surface area contributed by atoms with Gasteiger partial charge in [0, 0.05) is 30.3 Å². The van der Waals surface area contributed by atoms with Crippen LogP contribution in [-0.4, -0.2) is 36.0 Å². The van der Waals surface area contributed by atoms with Gasteiger partial charge in [0.2, 0.25) is 0 Å². The van der Waals surface area contributed by atoms with Crippen LogP contribution in [0.1, 0.15) is 5.56 Å². The minimum Gasteiger partial charge on any atom is -0.326 e. The number of amides is 2. The quantitative estimate of drug-likeness (QED) is 0.767. The predicted molar refractivity (Wildman–Crippen MR) is 67.6 cm³/mol. The molecule has 0 aromatic heterocycles. The van der Waals surface area contributed by atoms with E-state index in [-0.39, 0.29) is 6.03 Å². The van der Waals surface area contributed by atoms with Gasteiger partial charge in [-0.1, -0.05) is 12.1 Å². The number of hydrogen-bond acceptors (Lipinski definition) is 1. The van der Waals surface area contributed by atoms with Crippen molar-refractivity contribution in [1.82, 2.24) is 9.80 Å². The van der Waals surface area contributed by atoms with E-state index >= 15 is 0 Å². The fraction of sp³-hybridized carbons (Fsp3) is 0.364. The molecule has 0 atom stereocenters. The third-order valence-corrected chi connectivity index (χ3v) is 3.31. The van der Waals surface area contributed by atoms with Crippen molar-refractivity contribution in [1.29, 1.82) is 0 Å². The number of likely N-dealkylation sites (N-methyl/N-ethyl adjacent to an activating group) is 1. The third kappa shape index (κ3) is 2.42. The summed E-state index contributed by atoms with van der Waals surface area (Å²) in [5.74, 6) is 0. The lowest BCUT2D eigenvalue weighted by Crippen LogP contribution is -2.28. The van der Waals surface area contributed by atoms with Gasteiger partial charge in [-0.2, -0.15) is 0 Å². The van der Waals surface area contributed by atoms with Crippen molar-refractivity contribution in [3.05, 3.63) is 33.4 Å². The normalized spacial score (nSPS) is 16.3. The van der Waals surface area contributed by atoms with Crippen molar-refractivity contribution in [3.63, 3.8) is 0 Å². The highest BCUT2D eigenvalue weighted by Gasteiger charge is 2.24. The van der Waals surface area contributed by atoms with Gasteiger partial charge in [0.05, 0.1) is 0 Å². The Kier molecular flexibility index (Phi) is 3.14. The van der Waals surface area contributed by atoms with Crippen LogP contribution in [0.25, 0.3) is 0 Å². The van der Waals surface area contributed by atoms with Gasteiger partial charge in [-0.3, -0.25) is 0 Å². The van der Waals surface area contributed by atoms with Crippen molar-refractivity contribution in [2.45, 2.75) is 6.54 Å². The number of hydrogen-bond donors (Lipinski definition) is 0. The van der Waals surface area contributed by atoms with E-state index in [0.717, 1.165) is 19.6 Å². The first-order valence-corrected chi connectivity index (χ1v) is 5.99. The lowest BCUT2D eigenvalue weighted by molar-refractivity contribution is 0.197. The van der Waals surface area contributed by atoms with E-state index in [4.69, 9.17) is 0 Å². The molecule has 0 saturated carbocycles. The first kappa shape index (κ1) is 10.7. The summed E-state index contributed by atoms with van der Waals surface area (Å²) in [7, 11) is 1.84. The summed E-state index contributed by atoms with van der Waals surface area (Å²) in [5.41, 5.74) is 1.19. The maximum Gasteiger partial charge on any atom is 0.320 e. The number of halogens is 1. The molecule has 2 amide bonds. The molecule has 3 nitrogen and oxygen atoms in total. The molecule has 0 unspecified atom stereocenters. The van der Waals surface area contributed by atoms with Crippen LogP contribution in [0, 0.1) is 3.57 Å². The highest BCUT2D eigenvalue weighted by molar-refractivity contribution is 14.1. The Morgan fingerprint density at radius 1 is 1.27 bits per heavy atom. The lowest BCUT2D eigenvalue weighted by Gasteiger charge is -2.15. The minimum absolute atomic E-state index is 0.133. The molecule has 1 aromatic rings. The molecule has 0 bridgehead atoms.